The lowest BCUT2D eigenvalue weighted by atomic mass is 10.2. The van der Waals surface area contributed by atoms with E-state index in [1.807, 2.05) is 13.8 Å². The van der Waals surface area contributed by atoms with Crippen molar-refractivity contribution >= 4 is 6.09 Å². The fourth-order valence-corrected chi connectivity index (χ4v) is 0.732. The summed E-state index contributed by atoms with van der Waals surface area (Å²) in [6, 6.07) is 0.181. The van der Waals surface area contributed by atoms with Crippen LogP contribution in [0.15, 0.2) is 0 Å². The maximum absolute atomic E-state index is 11.0. The quantitative estimate of drug-likeness (QED) is 0.603. The van der Waals surface area contributed by atoms with Crippen LogP contribution in [-0.4, -0.2) is 30.1 Å². The van der Waals surface area contributed by atoms with Gasteiger partial charge in [0.25, 0.3) is 0 Å². The minimum atomic E-state index is -0.259. The lowest BCUT2D eigenvalue weighted by molar-refractivity contribution is 0.0298. The summed E-state index contributed by atoms with van der Waals surface area (Å²) in [6.07, 6.45) is 0.835. The van der Waals surface area contributed by atoms with Crippen LogP contribution in [0.2, 0.25) is 0 Å². The topological polar surface area (TPSA) is 41.6 Å². The van der Waals surface area contributed by atoms with Gasteiger partial charge < -0.3 is 9.74 Å². The average Bonchev–Trinajstić information content (AvgIpc) is 1.79. The number of rotatable bonds is 2. The highest BCUT2D eigenvalue weighted by Crippen LogP contribution is 2.06. The van der Waals surface area contributed by atoms with E-state index in [-0.39, 0.29) is 12.1 Å². The number of carbonyl (C=O) groups excluding carboxylic acids is 1. The van der Waals surface area contributed by atoms with E-state index in [0.717, 1.165) is 19.5 Å². The summed E-state index contributed by atoms with van der Waals surface area (Å²) in [5.41, 5.74) is 2.60. The van der Waals surface area contributed by atoms with Crippen molar-refractivity contribution in [2.24, 2.45) is 0 Å². The predicted octanol–water partition coefficient (Wildman–Crippen LogP) is 0.742. The number of nitrogens with zero attached hydrogens (tertiary/aromatic N) is 1. The van der Waals surface area contributed by atoms with Crippen LogP contribution >= 0.6 is 0 Å². The Morgan fingerprint density at radius 1 is 1.55 bits per heavy atom. The smallest absolute Gasteiger partial charge is 0.353 e. The summed E-state index contributed by atoms with van der Waals surface area (Å²) in [7, 11) is 0. The molecule has 0 aromatic rings. The Kier molecular flexibility index (Phi) is 2.70. The fourth-order valence-electron chi connectivity index (χ4n) is 0.732. The Morgan fingerprint density at radius 2 is 2.18 bits per heavy atom. The molecule has 1 rings (SSSR count). The highest BCUT2D eigenvalue weighted by molar-refractivity contribution is 5.68. The Hall–Kier alpha value is -0.770. The van der Waals surface area contributed by atoms with Crippen molar-refractivity contribution in [2.75, 3.05) is 13.1 Å². The van der Waals surface area contributed by atoms with Gasteiger partial charge in [-0.1, -0.05) is 0 Å². The van der Waals surface area contributed by atoms with Gasteiger partial charge in [0.05, 0.1) is 0 Å². The van der Waals surface area contributed by atoms with Crippen LogP contribution in [0.25, 0.3) is 0 Å². The molecule has 0 bridgehead atoms. The lowest BCUT2D eigenvalue weighted by Gasteiger charge is -2.29. The molecule has 0 aliphatic carbocycles. The Bertz CT molecular complexity index is 143. The van der Waals surface area contributed by atoms with Crippen LogP contribution in [0.4, 0.5) is 4.79 Å². The molecule has 1 aliphatic heterocycles. The minimum absolute atomic E-state index is 0.181. The minimum Gasteiger partial charge on any atom is -0.353 e. The normalized spacial score (nSPS) is 16.5. The number of carbonyl (C=O) groups is 1. The molecule has 4 heteroatoms. The molecule has 0 radical (unpaired) electrons. The molecule has 1 N–H and O–H groups in total. The highest BCUT2D eigenvalue weighted by atomic mass is 16.7. The van der Waals surface area contributed by atoms with Gasteiger partial charge in [-0.15, -0.1) is 5.48 Å². The van der Waals surface area contributed by atoms with Gasteiger partial charge in [0.1, 0.15) is 0 Å². The maximum atomic E-state index is 11.0. The molecule has 64 valence electrons. The number of hydroxylamine groups is 1. The van der Waals surface area contributed by atoms with Gasteiger partial charge in [-0.25, -0.2) is 4.79 Å². The first-order valence-corrected chi connectivity index (χ1v) is 3.91. The van der Waals surface area contributed by atoms with Crippen molar-refractivity contribution in [3.05, 3.63) is 0 Å². The molecule has 0 aromatic heterocycles. The van der Waals surface area contributed by atoms with E-state index in [1.54, 1.807) is 4.90 Å². The van der Waals surface area contributed by atoms with Gasteiger partial charge in [0.2, 0.25) is 0 Å². The standard InChI is InChI=1S/C7H14N2O2/c1-6(2)8-11-7(10)9-4-3-5-9/h6,8H,3-5H2,1-2H3. The Morgan fingerprint density at radius 3 is 2.55 bits per heavy atom. The van der Waals surface area contributed by atoms with Crippen LogP contribution < -0.4 is 5.48 Å². The van der Waals surface area contributed by atoms with E-state index < -0.39 is 0 Å². The third kappa shape index (κ3) is 2.38. The first kappa shape index (κ1) is 8.33. The van der Waals surface area contributed by atoms with Crippen LogP contribution in [0.3, 0.4) is 0 Å². The van der Waals surface area contributed by atoms with E-state index in [9.17, 15) is 4.79 Å². The summed E-state index contributed by atoms with van der Waals surface area (Å²) in [5.74, 6) is 0. The summed E-state index contributed by atoms with van der Waals surface area (Å²) in [4.78, 5) is 17.4. The molecule has 1 heterocycles. The number of amides is 1. The van der Waals surface area contributed by atoms with E-state index in [1.165, 1.54) is 0 Å². The van der Waals surface area contributed by atoms with Gasteiger partial charge in [0.15, 0.2) is 0 Å². The highest BCUT2D eigenvalue weighted by Gasteiger charge is 2.21. The van der Waals surface area contributed by atoms with Gasteiger partial charge in [-0.2, -0.15) is 0 Å². The molecule has 1 saturated heterocycles. The number of nitrogens with one attached hydrogen (secondary N) is 1. The lowest BCUT2D eigenvalue weighted by Crippen LogP contribution is -2.45. The zero-order chi connectivity index (χ0) is 8.27. The summed E-state index contributed by atoms with van der Waals surface area (Å²) >= 11 is 0. The van der Waals surface area contributed by atoms with E-state index in [2.05, 4.69) is 5.48 Å². The molecule has 0 aromatic carbocycles. The molecule has 0 atom stereocenters. The molecular formula is C7H14N2O2. The third-order valence-corrected chi connectivity index (χ3v) is 1.50. The number of likely N-dealkylation sites (tertiary alicyclic amines) is 1. The summed E-state index contributed by atoms with van der Waals surface area (Å²) < 4.78 is 0. The molecule has 11 heavy (non-hydrogen) atoms. The zero-order valence-corrected chi connectivity index (χ0v) is 6.96. The molecule has 4 nitrogen and oxygen atoms in total. The predicted molar refractivity (Wildman–Crippen MR) is 40.9 cm³/mol. The van der Waals surface area contributed by atoms with E-state index in [4.69, 9.17) is 4.84 Å². The molecule has 0 spiro atoms. The SMILES string of the molecule is CC(C)NOC(=O)N1CCC1. The average molecular weight is 158 g/mol. The van der Waals surface area contributed by atoms with Crippen LogP contribution in [0, 0.1) is 0 Å². The third-order valence-electron chi connectivity index (χ3n) is 1.50. The van der Waals surface area contributed by atoms with Crippen molar-refractivity contribution in [1.82, 2.24) is 10.4 Å². The van der Waals surface area contributed by atoms with E-state index >= 15 is 0 Å². The number of hydrogen-bond donors (Lipinski definition) is 1. The Labute approximate surface area is 66.5 Å². The van der Waals surface area contributed by atoms with Gasteiger partial charge >= 0.3 is 6.09 Å². The molecule has 0 unspecified atom stereocenters. The second-order valence-electron chi connectivity index (χ2n) is 2.98. The van der Waals surface area contributed by atoms with Crippen molar-refractivity contribution in [3.63, 3.8) is 0 Å². The summed E-state index contributed by atoms with van der Waals surface area (Å²) in [5, 5.41) is 0. The van der Waals surface area contributed by atoms with Crippen molar-refractivity contribution in [3.8, 4) is 0 Å². The second kappa shape index (κ2) is 3.57. The van der Waals surface area contributed by atoms with E-state index in [0.29, 0.717) is 0 Å². The fraction of sp³-hybridized carbons (Fsp3) is 0.857. The van der Waals surface area contributed by atoms with Crippen LogP contribution in [0.1, 0.15) is 20.3 Å². The first-order valence-electron chi connectivity index (χ1n) is 3.91. The van der Waals surface area contributed by atoms with Gasteiger partial charge in [0, 0.05) is 19.1 Å². The van der Waals surface area contributed by atoms with Crippen LogP contribution in [0.5, 0.6) is 0 Å². The maximum Gasteiger partial charge on any atom is 0.428 e. The largest absolute Gasteiger partial charge is 0.428 e. The van der Waals surface area contributed by atoms with Crippen molar-refractivity contribution in [1.29, 1.82) is 0 Å². The molecule has 0 saturated carbocycles. The molecule has 1 amide bonds. The molecular weight excluding hydrogens is 144 g/mol. The van der Waals surface area contributed by atoms with Crippen molar-refractivity contribution < 1.29 is 9.63 Å². The van der Waals surface area contributed by atoms with Crippen LogP contribution in [-0.2, 0) is 4.84 Å². The summed E-state index contributed by atoms with van der Waals surface area (Å²) in [6.45, 7) is 5.50. The van der Waals surface area contributed by atoms with Gasteiger partial charge in [-0.3, -0.25) is 0 Å². The second-order valence-corrected chi connectivity index (χ2v) is 2.98. The monoisotopic (exact) mass is 158 g/mol. The number of hydrogen-bond acceptors (Lipinski definition) is 3. The molecule has 1 aliphatic rings. The Balaban J connectivity index is 2.10. The first-order chi connectivity index (χ1) is 5.20. The molecule has 1 fully saturated rings. The zero-order valence-electron chi connectivity index (χ0n) is 6.96. The van der Waals surface area contributed by atoms with Gasteiger partial charge in [-0.05, 0) is 20.3 Å². The van der Waals surface area contributed by atoms with Crippen molar-refractivity contribution in [2.45, 2.75) is 26.3 Å².